The number of ether oxygens (including phenoxy) is 2. The number of aromatic amines is 2. The molecule has 0 bridgehead atoms. The lowest BCUT2D eigenvalue weighted by molar-refractivity contribution is 0.0589. The van der Waals surface area contributed by atoms with Crippen molar-refractivity contribution in [1.82, 2.24) is 9.97 Å². The second-order valence-corrected chi connectivity index (χ2v) is 9.68. The lowest BCUT2D eigenvalue weighted by Crippen LogP contribution is -2.14. The summed E-state index contributed by atoms with van der Waals surface area (Å²) < 4.78 is 9.44. The van der Waals surface area contributed by atoms with E-state index in [0.29, 0.717) is 42.2 Å². The third kappa shape index (κ3) is 9.09. The van der Waals surface area contributed by atoms with Crippen LogP contribution in [-0.2, 0) is 22.3 Å². The van der Waals surface area contributed by atoms with Crippen LogP contribution in [0.2, 0.25) is 0 Å². The fourth-order valence-corrected chi connectivity index (χ4v) is 4.19. The number of rotatable bonds is 12. The van der Waals surface area contributed by atoms with E-state index >= 15 is 0 Å². The number of aliphatic hydroxyl groups is 1. The zero-order valence-electron chi connectivity index (χ0n) is 24.7. The Morgan fingerprint density at radius 3 is 1.88 bits per heavy atom. The molecule has 2 aromatic rings. The fourth-order valence-electron chi connectivity index (χ4n) is 4.19. The van der Waals surface area contributed by atoms with E-state index in [4.69, 9.17) is 4.74 Å². The van der Waals surface area contributed by atoms with Gasteiger partial charge in [-0.2, -0.15) is 0 Å². The molecule has 0 amide bonds. The maximum atomic E-state index is 11.9. The highest BCUT2D eigenvalue weighted by Crippen LogP contribution is 2.28. The first-order chi connectivity index (χ1) is 18.9. The smallest absolute Gasteiger partial charge is 0.340 e. The van der Waals surface area contributed by atoms with Gasteiger partial charge in [-0.15, -0.1) is 0 Å². The Morgan fingerprint density at radius 2 is 1.43 bits per heavy atom. The van der Waals surface area contributed by atoms with Crippen LogP contribution in [0.4, 0.5) is 0 Å². The summed E-state index contributed by atoms with van der Waals surface area (Å²) in [5, 5.41) is 9.58. The number of carbonyl (C=O) groups excluding carboxylic acids is 4. The first-order valence-electron chi connectivity index (χ1n) is 13.4. The Bertz CT molecular complexity index is 1260. The van der Waals surface area contributed by atoms with E-state index in [1.165, 1.54) is 33.5 Å². The number of methoxy groups -OCH3 is 2. The molecular weight excluding hydrogens is 512 g/mol. The van der Waals surface area contributed by atoms with Crippen LogP contribution in [0.1, 0.15) is 131 Å². The topological polar surface area (TPSA) is 139 Å². The van der Waals surface area contributed by atoms with E-state index in [0.717, 1.165) is 29.7 Å². The molecule has 0 atom stereocenters. The molecule has 2 rings (SSSR count). The summed E-state index contributed by atoms with van der Waals surface area (Å²) >= 11 is 0. The summed E-state index contributed by atoms with van der Waals surface area (Å²) in [6.07, 6.45) is 7.90. The molecule has 218 valence electrons. The van der Waals surface area contributed by atoms with Crippen LogP contribution in [-0.4, -0.2) is 59.4 Å². The molecule has 9 nitrogen and oxygen atoms in total. The molecule has 0 unspecified atom stereocenters. The number of hydrogen-bond acceptors (Lipinski definition) is 7. The Morgan fingerprint density at radius 1 is 0.900 bits per heavy atom. The van der Waals surface area contributed by atoms with E-state index in [-0.39, 0.29) is 17.0 Å². The molecule has 0 fully saturated rings. The molecule has 2 heterocycles. The minimum atomic E-state index is -1.15. The van der Waals surface area contributed by atoms with Gasteiger partial charge in [0, 0.05) is 11.3 Å². The van der Waals surface area contributed by atoms with Gasteiger partial charge in [-0.25, -0.2) is 9.59 Å². The molecule has 0 saturated heterocycles. The quantitative estimate of drug-likeness (QED) is 0.137. The molecule has 2 aromatic heterocycles. The Labute approximate surface area is 236 Å². The SMILES string of the molecule is C=C(CCCCCC)c1[nH]c(C=O)c(C(=O)OC)c1CC.CCc1c(C#CC(C)(C)O)[nH]c(C=O)c1C(=O)OC. The zero-order chi connectivity index (χ0) is 30.5. The van der Waals surface area contributed by atoms with Gasteiger partial charge in [0.05, 0.1) is 42.4 Å². The number of allylic oxidation sites excluding steroid dienone is 1. The third-order valence-corrected chi connectivity index (χ3v) is 6.17. The highest BCUT2D eigenvalue weighted by Gasteiger charge is 2.24. The molecule has 0 aliphatic carbocycles. The molecule has 0 radical (unpaired) electrons. The van der Waals surface area contributed by atoms with Gasteiger partial charge in [-0.1, -0.05) is 52.5 Å². The van der Waals surface area contributed by atoms with Gasteiger partial charge < -0.3 is 24.5 Å². The van der Waals surface area contributed by atoms with Gasteiger partial charge in [0.15, 0.2) is 12.6 Å². The van der Waals surface area contributed by atoms with E-state index < -0.39 is 17.5 Å². The summed E-state index contributed by atoms with van der Waals surface area (Å²) in [7, 11) is 2.58. The van der Waals surface area contributed by atoms with E-state index in [2.05, 4.69) is 40.0 Å². The van der Waals surface area contributed by atoms with Gasteiger partial charge >= 0.3 is 11.9 Å². The number of carbonyl (C=O) groups is 4. The van der Waals surface area contributed by atoms with Crippen LogP contribution in [0.5, 0.6) is 0 Å². The number of unbranched alkanes of at least 4 members (excludes halogenated alkanes) is 3. The number of esters is 2. The largest absolute Gasteiger partial charge is 0.465 e. The van der Waals surface area contributed by atoms with Crippen LogP contribution in [0.15, 0.2) is 6.58 Å². The number of H-pyrrole nitrogens is 2. The summed E-state index contributed by atoms with van der Waals surface area (Å²) in [5.74, 6) is 4.34. The van der Waals surface area contributed by atoms with Crippen molar-refractivity contribution in [2.24, 2.45) is 0 Å². The van der Waals surface area contributed by atoms with Crippen LogP contribution in [0.3, 0.4) is 0 Å². The molecule has 9 heteroatoms. The second-order valence-electron chi connectivity index (χ2n) is 9.68. The predicted molar refractivity (Wildman–Crippen MR) is 155 cm³/mol. The molecule has 40 heavy (non-hydrogen) atoms. The molecule has 0 aliphatic rings. The van der Waals surface area contributed by atoms with E-state index in [9.17, 15) is 24.3 Å². The molecule has 0 aliphatic heterocycles. The van der Waals surface area contributed by atoms with Gasteiger partial charge in [0.25, 0.3) is 0 Å². The highest BCUT2D eigenvalue weighted by molar-refractivity contribution is 6.01. The number of nitrogens with one attached hydrogen (secondary N) is 2. The summed E-state index contributed by atoms with van der Waals surface area (Å²) in [6, 6.07) is 0. The lowest BCUT2D eigenvalue weighted by atomic mass is 9.99. The highest BCUT2D eigenvalue weighted by atomic mass is 16.5. The van der Waals surface area contributed by atoms with Crippen LogP contribution >= 0.6 is 0 Å². The summed E-state index contributed by atoms with van der Waals surface area (Å²) in [6.45, 7) is 13.2. The number of hydrogen-bond donors (Lipinski definition) is 3. The molecule has 0 spiro atoms. The minimum Gasteiger partial charge on any atom is -0.465 e. The average Bonchev–Trinajstić information content (AvgIpc) is 3.51. The predicted octanol–water partition coefficient (Wildman–Crippen LogP) is 5.46. The molecule has 3 N–H and O–H groups in total. The summed E-state index contributed by atoms with van der Waals surface area (Å²) in [5.41, 5.74) is 3.48. The van der Waals surface area contributed by atoms with Crippen molar-refractivity contribution in [1.29, 1.82) is 0 Å². The van der Waals surface area contributed by atoms with Gasteiger partial charge in [-0.05, 0) is 56.6 Å². The zero-order valence-corrected chi connectivity index (χ0v) is 24.7. The first-order valence-corrected chi connectivity index (χ1v) is 13.4. The van der Waals surface area contributed by atoms with Gasteiger partial charge in [0.2, 0.25) is 0 Å². The van der Waals surface area contributed by atoms with Crippen molar-refractivity contribution in [3.8, 4) is 11.8 Å². The summed E-state index contributed by atoms with van der Waals surface area (Å²) in [4.78, 5) is 51.6. The minimum absolute atomic E-state index is 0.142. The monoisotopic (exact) mass is 554 g/mol. The molecule has 0 saturated carbocycles. The van der Waals surface area contributed by atoms with Crippen molar-refractivity contribution < 1.29 is 33.8 Å². The van der Waals surface area contributed by atoms with Crippen LogP contribution in [0.25, 0.3) is 5.57 Å². The lowest BCUT2D eigenvalue weighted by Gasteiger charge is -2.07. The Hall–Kier alpha value is -3.90. The standard InChI is InChI=1S/C17H25NO3.C14H17NO4/c1-5-7-8-9-10-12(3)16-13(6-2)15(17(20)21-4)14(11-19)18-16;1-5-9-10(6-7-14(2,3)18)15-11(8-16)12(9)13(17)19-4/h11,18H,3,5-10H2,1-2,4H3;8,15,18H,5H2,1-4H3. The third-order valence-electron chi connectivity index (χ3n) is 6.17. The maximum Gasteiger partial charge on any atom is 0.340 e. The van der Waals surface area contributed by atoms with Crippen molar-refractivity contribution in [3.63, 3.8) is 0 Å². The van der Waals surface area contributed by atoms with Crippen molar-refractivity contribution in [2.75, 3.05) is 14.2 Å². The van der Waals surface area contributed by atoms with Crippen molar-refractivity contribution in [2.45, 2.75) is 85.2 Å². The van der Waals surface area contributed by atoms with E-state index in [1.807, 2.05) is 13.8 Å². The Kier molecular flexibility index (Phi) is 13.9. The van der Waals surface area contributed by atoms with Crippen molar-refractivity contribution in [3.05, 3.63) is 51.6 Å². The fraction of sp³-hybridized carbons (Fsp3) is 0.484. The van der Waals surface area contributed by atoms with Crippen LogP contribution < -0.4 is 0 Å². The maximum absolute atomic E-state index is 11.9. The number of aldehydes is 2. The van der Waals surface area contributed by atoms with Crippen molar-refractivity contribution >= 4 is 30.1 Å². The van der Waals surface area contributed by atoms with Gasteiger partial charge in [-0.3, -0.25) is 9.59 Å². The van der Waals surface area contributed by atoms with E-state index in [1.54, 1.807) is 13.8 Å². The van der Waals surface area contributed by atoms with Gasteiger partial charge in [0.1, 0.15) is 5.60 Å². The van der Waals surface area contributed by atoms with Crippen LogP contribution in [0, 0.1) is 11.8 Å². The first kappa shape index (κ1) is 34.1. The Balaban J connectivity index is 0.000000402. The normalized spacial score (nSPS) is 10.5. The molecular formula is C31H42N2O7. The number of aromatic nitrogens is 2. The molecule has 0 aromatic carbocycles. The average molecular weight is 555 g/mol. The second kappa shape index (κ2) is 16.3.